The number of likely N-dealkylation sites (N-methyl/N-ethyl adjacent to an activating group) is 1. The van der Waals surface area contributed by atoms with Crippen molar-refractivity contribution in [3.63, 3.8) is 0 Å². The SMILES string of the molecule is CCN(C)CCN. The summed E-state index contributed by atoms with van der Waals surface area (Å²) in [5.74, 6) is 0. The molecule has 0 bridgehead atoms. The van der Waals surface area contributed by atoms with Gasteiger partial charge in [-0.25, -0.2) is 0 Å². The van der Waals surface area contributed by atoms with Crippen LogP contribution in [-0.4, -0.2) is 31.6 Å². The zero-order valence-electron chi connectivity index (χ0n) is 5.15. The van der Waals surface area contributed by atoms with Gasteiger partial charge in [-0.15, -0.1) is 0 Å². The zero-order valence-corrected chi connectivity index (χ0v) is 5.15. The topological polar surface area (TPSA) is 29.3 Å². The van der Waals surface area contributed by atoms with Crippen LogP contribution in [0.5, 0.6) is 0 Å². The van der Waals surface area contributed by atoms with E-state index in [1.807, 2.05) is 0 Å². The van der Waals surface area contributed by atoms with Crippen molar-refractivity contribution in [3.05, 3.63) is 0 Å². The van der Waals surface area contributed by atoms with Crippen LogP contribution in [0.2, 0.25) is 0 Å². The summed E-state index contributed by atoms with van der Waals surface area (Å²) in [6.45, 7) is 4.99. The highest BCUT2D eigenvalue weighted by Crippen LogP contribution is 1.74. The molecule has 0 unspecified atom stereocenters. The average Bonchev–Trinajstić information content (AvgIpc) is 1.68. The monoisotopic (exact) mass is 102 g/mol. The Labute approximate surface area is 45.3 Å². The number of rotatable bonds is 3. The lowest BCUT2D eigenvalue weighted by molar-refractivity contribution is 0.363. The van der Waals surface area contributed by atoms with Crippen LogP contribution in [0.1, 0.15) is 6.92 Å². The summed E-state index contributed by atoms with van der Waals surface area (Å²) in [5.41, 5.74) is 5.26. The Morgan fingerprint density at radius 2 is 2.14 bits per heavy atom. The first-order valence-electron chi connectivity index (χ1n) is 2.70. The third-order valence-electron chi connectivity index (χ3n) is 1.05. The molecule has 0 amide bonds. The molecule has 0 aromatic rings. The molecule has 2 nitrogen and oxygen atoms in total. The van der Waals surface area contributed by atoms with Crippen molar-refractivity contribution in [2.24, 2.45) is 5.73 Å². The summed E-state index contributed by atoms with van der Waals surface area (Å²) in [7, 11) is 2.06. The van der Waals surface area contributed by atoms with E-state index in [1.165, 1.54) is 0 Å². The van der Waals surface area contributed by atoms with Gasteiger partial charge in [0.25, 0.3) is 0 Å². The maximum Gasteiger partial charge on any atom is 0.0101 e. The number of nitrogens with two attached hydrogens (primary N) is 1. The van der Waals surface area contributed by atoms with Crippen molar-refractivity contribution >= 4 is 0 Å². The predicted octanol–water partition coefficient (Wildman–Crippen LogP) is -0.103. The molecule has 0 aliphatic heterocycles. The molecule has 0 aliphatic rings. The number of hydrogen-bond acceptors (Lipinski definition) is 2. The molecule has 0 heterocycles. The lowest BCUT2D eigenvalue weighted by atomic mass is 10.5. The van der Waals surface area contributed by atoms with Gasteiger partial charge in [0.15, 0.2) is 0 Å². The van der Waals surface area contributed by atoms with Gasteiger partial charge in [-0.2, -0.15) is 0 Å². The van der Waals surface area contributed by atoms with E-state index in [0.717, 1.165) is 19.6 Å². The second-order valence-corrected chi connectivity index (χ2v) is 1.68. The highest BCUT2D eigenvalue weighted by Gasteiger charge is 1.86. The largest absolute Gasteiger partial charge is 0.329 e. The molecule has 0 aromatic carbocycles. The molecular formula is C5H14N2. The second kappa shape index (κ2) is 4.09. The summed E-state index contributed by atoms with van der Waals surface area (Å²) in [6, 6.07) is 0. The molecule has 2 heteroatoms. The van der Waals surface area contributed by atoms with E-state index in [9.17, 15) is 0 Å². The fraction of sp³-hybridized carbons (Fsp3) is 1.00. The quantitative estimate of drug-likeness (QED) is 0.539. The molecule has 44 valence electrons. The maximum atomic E-state index is 5.26. The van der Waals surface area contributed by atoms with Gasteiger partial charge in [0.2, 0.25) is 0 Å². The van der Waals surface area contributed by atoms with Gasteiger partial charge in [-0.3, -0.25) is 0 Å². The fourth-order valence-corrected chi connectivity index (χ4v) is 0.379. The summed E-state index contributed by atoms with van der Waals surface area (Å²) in [6.07, 6.45) is 0. The van der Waals surface area contributed by atoms with Crippen molar-refractivity contribution in [3.8, 4) is 0 Å². The lowest BCUT2D eigenvalue weighted by Crippen LogP contribution is -2.24. The molecule has 7 heavy (non-hydrogen) atoms. The summed E-state index contributed by atoms with van der Waals surface area (Å²) in [5, 5.41) is 0. The first kappa shape index (κ1) is 6.92. The Morgan fingerprint density at radius 3 is 2.29 bits per heavy atom. The van der Waals surface area contributed by atoms with Crippen LogP contribution in [0, 0.1) is 0 Å². The lowest BCUT2D eigenvalue weighted by Gasteiger charge is -2.10. The van der Waals surface area contributed by atoms with Gasteiger partial charge in [0.1, 0.15) is 0 Å². The summed E-state index contributed by atoms with van der Waals surface area (Å²) in [4.78, 5) is 2.18. The highest BCUT2D eigenvalue weighted by molar-refractivity contribution is 4.44. The van der Waals surface area contributed by atoms with Crippen LogP contribution < -0.4 is 5.73 Å². The Hall–Kier alpha value is -0.0800. The normalized spacial score (nSPS) is 10.3. The van der Waals surface area contributed by atoms with Crippen molar-refractivity contribution in [2.45, 2.75) is 6.92 Å². The van der Waals surface area contributed by atoms with Crippen LogP contribution in [-0.2, 0) is 0 Å². The minimum atomic E-state index is 0.768. The molecule has 0 aliphatic carbocycles. The molecular weight excluding hydrogens is 88.1 g/mol. The molecule has 2 N–H and O–H groups in total. The van der Waals surface area contributed by atoms with Crippen molar-refractivity contribution < 1.29 is 0 Å². The van der Waals surface area contributed by atoms with E-state index in [4.69, 9.17) is 5.73 Å². The Morgan fingerprint density at radius 1 is 1.57 bits per heavy atom. The molecule has 0 saturated carbocycles. The van der Waals surface area contributed by atoms with E-state index in [-0.39, 0.29) is 0 Å². The number of nitrogens with zero attached hydrogens (tertiary/aromatic N) is 1. The van der Waals surface area contributed by atoms with E-state index in [2.05, 4.69) is 18.9 Å². The van der Waals surface area contributed by atoms with E-state index < -0.39 is 0 Å². The predicted molar refractivity (Wildman–Crippen MR) is 32.2 cm³/mol. The maximum absolute atomic E-state index is 5.26. The van der Waals surface area contributed by atoms with Crippen molar-refractivity contribution in [1.29, 1.82) is 0 Å². The average molecular weight is 102 g/mol. The van der Waals surface area contributed by atoms with Gasteiger partial charge >= 0.3 is 0 Å². The van der Waals surface area contributed by atoms with Gasteiger partial charge < -0.3 is 10.6 Å². The van der Waals surface area contributed by atoms with Crippen LogP contribution in [0.3, 0.4) is 0 Å². The van der Waals surface area contributed by atoms with Crippen LogP contribution in [0.15, 0.2) is 0 Å². The first-order chi connectivity index (χ1) is 3.31. The second-order valence-electron chi connectivity index (χ2n) is 1.68. The third-order valence-corrected chi connectivity index (χ3v) is 1.05. The van der Waals surface area contributed by atoms with Crippen molar-refractivity contribution in [2.75, 3.05) is 26.7 Å². The Bertz CT molecular complexity index is 37.1. The van der Waals surface area contributed by atoms with E-state index in [0.29, 0.717) is 0 Å². The van der Waals surface area contributed by atoms with Gasteiger partial charge in [0.05, 0.1) is 0 Å². The molecule has 0 fully saturated rings. The molecule has 0 atom stereocenters. The van der Waals surface area contributed by atoms with Crippen LogP contribution >= 0.6 is 0 Å². The van der Waals surface area contributed by atoms with E-state index >= 15 is 0 Å². The van der Waals surface area contributed by atoms with E-state index in [1.54, 1.807) is 0 Å². The molecule has 0 saturated heterocycles. The van der Waals surface area contributed by atoms with Gasteiger partial charge in [-0.1, -0.05) is 6.92 Å². The summed E-state index contributed by atoms with van der Waals surface area (Å²) < 4.78 is 0. The smallest absolute Gasteiger partial charge is 0.0101 e. The van der Waals surface area contributed by atoms with Gasteiger partial charge in [0, 0.05) is 13.1 Å². The third kappa shape index (κ3) is 3.76. The Balaban J connectivity index is 2.83. The minimum Gasteiger partial charge on any atom is -0.329 e. The zero-order chi connectivity index (χ0) is 5.70. The number of hydrogen-bond donors (Lipinski definition) is 1. The van der Waals surface area contributed by atoms with Crippen LogP contribution in [0.4, 0.5) is 0 Å². The minimum absolute atomic E-state index is 0.768. The highest BCUT2D eigenvalue weighted by atomic mass is 15.1. The summed E-state index contributed by atoms with van der Waals surface area (Å²) >= 11 is 0. The standard InChI is InChI=1S/C5H14N2/c1-3-7(2)5-4-6/h3-6H2,1-2H3. The van der Waals surface area contributed by atoms with Gasteiger partial charge in [-0.05, 0) is 13.6 Å². The first-order valence-corrected chi connectivity index (χ1v) is 2.70. The fourth-order valence-electron chi connectivity index (χ4n) is 0.379. The molecule has 0 rings (SSSR count). The molecule has 0 radical (unpaired) electrons. The van der Waals surface area contributed by atoms with Crippen molar-refractivity contribution in [1.82, 2.24) is 4.90 Å². The van der Waals surface area contributed by atoms with Crippen LogP contribution in [0.25, 0.3) is 0 Å². The molecule has 0 spiro atoms. The molecule has 0 aromatic heterocycles. The Kier molecular flexibility index (Phi) is 4.04.